The summed E-state index contributed by atoms with van der Waals surface area (Å²) in [4.78, 5) is 2.50. The maximum Gasteiger partial charge on any atom is 0.0546 e. The van der Waals surface area contributed by atoms with Gasteiger partial charge in [-0.2, -0.15) is 0 Å². The lowest BCUT2D eigenvalue weighted by Crippen LogP contribution is -2.21. The second-order valence-electron chi connectivity index (χ2n) is 15.0. The lowest BCUT2D eigenvalue weighted by molar-refractivity contribution is 0.420. The first-order valence-electron chi connectivity index (χ1n) is 17.4. The zero-order valence-corrected chi connectivity index (χ0v) is 27.7. The minimum atomic E-state index is -0.0781. The standard InChI is InChI=1S/C45H42N2/c1-45(2,3)47-41-16-10-9-15-38(41)39-25-24-36(29-43(39)47)46(35-22-19-32(20-23-35)40-28-30-17-18-34(40)27-30)42-26-21-31-11-7-8-14-37(31)44(42)33-12-5-4-6-13-33/h4-16,19-26,29-30,34,40H,17-18,27-28H2,1-3H3. The molecule has 2 heteroatoms. The molecule has 7 aromatic rings. The topological polar surface area (TPSA) is 8.17 Å². The van der Waals surface area contributed by atoms with Crippen molar-refractivity contribution in [2.75, 3.05) is 4.90 Å². The molecule has 2 fully saturated rings. The lowest BCUT2D eigenvalue weighted by Gasteiger charge is -2.30. The fourth-order valence-electron chi connectivity index (χ4n) is 9.13. The fourth-order valence-corrected chi connectivity index (χ4v) is 9.13. The minimum Gasteiger partial charge on any atom is -0.335 e. The normalized spacial score (nSPS) is 19.3. The van der Waals surface area contributed by atoms with E-state index in [1.165, 1.54) is 92.0 Å². The average molecular weight is 611 g/mol. The van der Waals surface area contributed by atoms with Crippen molar-refractivity contribution in [3.05, 3.63) is 139 Å². The van der Waals surface area contributed by atoms with Crippen molar-refractivity contribution < 1.29 is 0 Å². The van der Waals surface area contributed by atoms with Crippen LogP contribution in [0.25, 0.3) is 43.7 Å². The van der Waals surface area contributed by atoms with Gasteiger partial charge in [0.2, 0.25) is 0 Å². The van der Waals surface area contributed by atoms with Gasteiger partial charge in [-0.05, 0) is 116 Å². The molecule has 0 radical (unpaired) electrons. The number of hydrogen-bond donors (Lipinski definition) is 0. The molecule has 6 aromatic carbocycles. The van der Waals surface area contributed by atoms with Crippen molar-refractivity contribution in [1.82, 2.24) is 4.57 Å². The van der Waals surface area contributed by atoms with Crippen LogP contribution in [0.5, 0.6) is 0 Å². The van der Waals surface area contributed by atoms with Crippen LogP contribution in [0.3, 0.4) is 0 Å². The number of aromatic nitrogens is 1. The highest BCUT2D eigenvalue weighted by molar-refractivity contribution is 6.10. The van der Waals surface area contributed by atoms with E-state index in [0.29, 0.717) is 0 Å². The Morgan fingerprint density at radius 3 is 2.04 bits per heavy atom. The zero-order valence-electron chi connectivity index (χ0n) is 27.7. The smallest absolute Gasteiger partial charge is 0.0546 e. The van der Waals surface area contributed by atoms with Crippen LogP contribution in [0.2, 0.25) is 0 Å². The summed E-state index contributed by atoms with van der Waals surface area (Å²) in [5.41, 5.74) is 10.0. The monoisotopic (exact) mass is 610 g/mol. The molecule has 0 spiro atoms. The van der Waals surface area contributed by atoms with Crippen molar-refractivity contribution in [3.8, 4) is 11.1 Å². The molecule has 2 bridgehead atoms. The highest BCUT2D eigenvalue weighted by Gasteiger charge is 2.40. The molecule has 9 rings (SSSR count). The molecule has 0 amide bonds. The quantitative estimate of drug-likeness (QED) is 0.188. The van der Waals surface area contributed by atoms with Gasteiger partial charge in [0.15, 0.2) is 0 Å². The average Bonchev–Trinajstić information content (AvgIpc) is 3.82. The van der Waals surface area contributed by atoms with Gasteiger partial charge in [-0.1, -0.05) is 103 Å². The largest absolute Gasteiger partial charge is 0.335 e. The molecular formula is C45H42N2. The molecule has 47 heavy (non-hydrogen) atoms. The third kappa shape index (κ3) is 4.68. The van der Waals surface area contributed by atoms with E-state index in [-0.39, 0.29) is 5.54 Å². The summed E-state index contributed by atoms with van der Waals surface area (Å²) < 4.78 is 2.52. The van der Waals surface area contributed by atoms with Crippen LogP contribution < -0.4 is 4.90 Å². The van der Waals surface area contributed by atoms with Gasteiger partial charge in [-0.15, -0.1) is 0 Å². The Kier molecular flexibility index (Phi) is 6.57. The van der Waals surface area contributed by atoms with Crippen molar-refractivity contribution in [1.29, 1.82) is 0 Å². The Hall–Kier alpha value is -4.82. The summed E-state index contributed by atoms with van der Waals surface area (Å²) in [6, 6.07) is 49.9. The molecular weight excluding hydrogens is 569 g/mol. The van der Waals surface area contributed by atoms with Crippen LogP contribution in [0.4, 0.5) is 17.1 Å². The third-order valence-corrected chi connectivity index (χ3v) is 11.1. The molecule has 1 aromatic heterocycles. The van der Waals surface area contributed by atoms with Crippen molar-refractivity contribution in [2.45, 2.75) is 57.9 Å². The molecule has 3 unspecified atom stereocenters. The van der Waals surface area contributed by atoms with Crippen molar-refractivity contribution in [2.24, 2.45) is 11.8 Å². The van der Waals surface area contributed by atoms with Gasteiger partial charge < -0.3 is 9.47 Å². The third-order valence-electron chi connectivity index (χ3n) is 11.1. The summed E-state index contributed by atoms with van der Waals surface area (Å²) in [6.07, 6.45) is 5.63. The predicted octanol–water partition coefficient (Wildman–Crippen LogP) is 12.7. The Morgan fingerprint density at radius 1 is 0.596 bits per heavy atom. The molecule has 2 nitrogen and oxygen atoms in total. The Bertz CT molecular complexity index is 2250. The van der Waals surface area contributed by atoms with Gasteiger partial charge in [0.1, 0.15) is 0 Å². The van der Waals surface area contributed by atoms with Gasteiger partial charge >= 0.3 is 0 Å². The van der Waals surface area contributed by atoms with Crippen molar-refractivity contribution in [3.63, 3.8) is 0 Å². The second kappa shape index (κ2) is 10.9. The van der Waals surface area contributed by atoms with Gasteiger partial charge in [0.25, 0.3) is 0 Å². The number of nitrogens with zero attached hydrogens (tertiary/aromatic N) is 2. The van der Waals surface area contributed by atoms with E-state index in [4.69, 9.17) is 0 Å². The lowest BCUT2D eigenvalue weighted by atomic mass is 9.83. The van der Waals surface area contributed by atoms with E-state index < -0.39 is 0 Å². The molecule has 1 heterocycles. The fraction of sp³-hybridized carbons (Fsp3) is 0.244. The molecule has 232 valence electrons. The van der Waals surface area contributed by atoms with Crippen LogP contribution in [-0.2, 0) is 5.54 Å². The van der Waals surface area contributed by atoms with Gasteiger partial charge in [0.05, 0.1) is 11.2 Å². The maximum atomic E-state index is 2.52. The molecule has 0 aliphatic heterocycles. The number of fused-ring (bicyclic) bond motifs is 6. The van der Waals surface area contributed by atoms with Crippen LogP contribution in [0.1, 0.15) is 57.9 Å². The first kappa shape index (κ1) is 28.4. The van der Waals surface area contributed by atoms with Crippen LogP contribution in [0, 0.1) is 11.8 Å². The summed E-state index contributed by atoms with van der Waals surface area (Å²) in [5, 5.41) is 5.13. The van der Waals surface area contributed by atoms with Crippen LogP contribution in [-0.4, -0.2) is 4.57 Å². The summed E-state index contributed by atoms with van der Waals surface area (Å²) in [5.74, 6) is 2.53. The van der Waals surface area contributed by atoms with E-state index in [9.17, 15) is 0 Å². The van der Waals surface area contributed by atoms with Crippen LogP contribution >= 0.6 is 0 Å². The molecule has 2 aliphatic carbocycles. The number of para-hydroxylation sites is 1. The zero-order chi connectivity index (χ0) is 31.7. The number of anilines is 3. The van der Waals surface area contributed by atoms with E-state index in [0.717, 1.165) is 17.8 Å². The first-order valence-corrected chi connectivity index (χ1v) is 17.4. The van der Waals surface area contributed by atoms with Gasteiger partial charge in [-0.3, -0.25) is 0 Å². The summed E-state index contributed by atoms with van der Waals surface area (Å²) in [7, 11) is 0. The Labute approximate surface area is 278 Å². The Morgan fingerprint density at radius 2 is 1.30 bits per heavy atom. The minimum absolute atomic E-state index is 0.0781. The highest BCUT2D eigenvalue weighted by atomic mass is 15.1. The SMILES string of the molecule is CC(C)(C)n1c2ccccc2c2ccc(N(c3ccc(C4CC5CCC4C5)cc3)c3ccc4ccccc4c3-c3ccccc3)cc21. The van der Waals surface area contributed by atoms with Gasteiger partial charge in [-0.25, -0.2) is 0 Å². The number of benzene rings is 6. The maximum absolute atomic E-state index is 2.52. The van der Waals surface area contributed by atoms with Crippen LogP contribution in [0.15, 0.2) is 133 Å². The molecule has 2 saturated carbocycles. The Balaban J connectivity index is 1.29. The van der Waals surface area contributed by atoms with E-state index >= 15 is 0 Å². The summed E-state index contributed by atoms with van der Waals surface area (Å²) in [6.45, 7) is 6.94. The predicted molar refractivity (Wildman–Crippen MR) is 200 cm³/mol. The molecule has 0 saturated heterocycles. The van der Waals surface area contributed by atoms with E-state index in [1.807, 2.05) is 0 Å². The second-order valence-corrected chi connectivity index (χ2v) is 15.0. The molecule has 2 aliphatic rings. The van der Waals surface area contributed by atoms with Crippen molar-refractivity contribution >= 4 is 49.6 Å². The van der Waals surface area contributed by atoms with Gasteiger partial charge in [0, 0.05) is 38.8 Å². The number of rotatable bonds is 5. The van der Waals surface area contributed by atoms with E-state index in [1.54, 1.807) is 0 Å². The summed E-state index contributed by atoms with van der Waals surface area (Å²) >= 11 is 0. The first-order chi connectivity index (χ1) is 22.9. The van der Waals surface area contributed by atoms with E-state index in [2.05, 4.69) is 164 Å². The number of hydrogen-bond acceptors (Lipinski definition) is 1. The highest BCUT2D eigenvalue weighted by Crippen LogP contribution is 2.53. The molecule has 3 atom stereocenters. The molecule has 0 N–H and O–H groups in total.